The van der Waals surface area contributed by atoms with Crippen molar-refractivity contribution in [1.82, 2.24) is 0 Å². The molecule has 0 radical (unpaired) electrons. The monoisotopic (exact) mass is 266 g/mol. The van der Waals surface area contributed by atoms with Crippen molar-refractivity contribution in [2.75, 3.05) is 0 Å². The van der Waals surface area contributed by atoms with E-state index in [0.29, 0.717) is 0 Å². The fraction of sp³-hybridized carbons (Fsp3) is 0.786. The highest BCUT2D eigenvalue weighted by Crippen LogP contribution is 2.65. The summed E-state index contributed by atoms with van der Waals surface area (Å²) in [5, 5.41) is 0. The predicted octanol–water partition coefficient (Wildman–Crippen LogP) is 1.16. The molecule has 5 atom stereocenters. The molecule has 0 aromatic carbocycles. The van der Waals surface area contributed by atoms with Gasteiger partial charge in [0.15, 0.2) is 0 Å². The molecule has 0 bridgehead atoms. The second-order valence-corrected chi connectivity index (χ2v) is 7.03. The normalized spacial score (nSPS) is 44.0. The maximum absolute atomic E-state index is 12.1. The Morgan fingerprint density at radius 3 is 2.32 bits per heavy atom. The highest BCUT2D eigenvalue weighted by molar-refractivity contribution is 5.85. The molecule has 1 saturated heterocycles. The topological polar surface area (TPSA) is 69.7 Å². The van der Waals surface area contributed by atoms with E-state index in [9.17, 15) is 14.4 Å². The van der Waals surface area contributed by atoms with Crippen LogP contribution in [0.5, 0.6) is 0 Å². The maximum atomic E-state index is 12.1. The predicted molar refractivity (Wildman–Crippen MR) is 63.6 cm³/mol. The highest BCUT2D eigenvalue weighted by Gasteiger charge is 2.73. The van der Waals surface area contributed by atoms with E-state index in [2.05, 4.69) is 0 Å². The quantitative estimate of drug-likeness (QED) is 0.566. The van der Waals surface area contributed by atoms with Crippen LogP contribution < -0.4 is 0 Å². The molecule has 0 aromatic rings. The van der Waals surface area contributed by atoms with Crippen LogP contribution in [-0.4, -0.2) is 24.5 Å². The Labute approximate surface area is 111 Å². The number of esters is 2. The third kappa shape index (κ3) is 1.50. The number of aldehydes is 1. The van der Waals surface area contributed by atoms with Gasteiger partial charge in [0.2, 0.25) is 0 Å². The first kappa shape index (κ1) is 12.6. The van der Waals surface area contributed by atoms with Crippen LogP contribution in [0.1, 0.15) is 27.7 Å². The zero-order chi connectivity index (χ0) is 14.2. The van der Waals surface area contributed by atoms with Gasteiger partial charge in [-0.3, -0.25) is 9.59 Å². The lowest BCUT2D eigenvalue weighted by atomic mass is 10.1. The first-order valence-corrected chi connectivity index (χ1v) is 6.59. The van der Waals surface area contributed by atoms with Crippen LogP contribution >= 0.6 is 0 Å². The molecule has 104 valence electrons. The van der Waals surface area contributed by atoms with Crippen LogP contribution in [-0.2, 0) is 23.9 Å². The minimum absolute atomic E-state index is 0.0412. The number of hydrogen-bond donors (Lipinski definition) is 0. The van der Waals surface area contributed by atoms with Crippen molar-refractivity contribution in [2.24, 2.45) is 34.5 Å². The van der Waals surface area contributed by atoms with E-state index < -0.39 is 18.2 Å². The van der Waals surface area contributed by atoms with E-state index in [-0.39, 0.29) is 34.6 Å². The molecular formula is C14H18O5. The summed E-state index contributed by atoms with van der Waals surface area (Å²) in [6, 6.07) is 0. The van der Waals surface area contributed by atoms with Crippen molar-refractivity contribution in [2.45, 2.75) is 34.0 Å². The molecule has 2 saturated carbocycles. The maximum Gasteiger partial charge on any atom is 0.313 e. The van der Waals surface area contributed by atoms with Gasteiger partial charge < -0.3 is 14.3 Å². The van der Waals surface area contributed by atoms with Crippen molar-refractivity contribution in [3.05, 3.63) is 0 Å². The third-order valence-electron chi connectivity index (χ3n) is 5.23. The van der Waals surface area contributed by atoms with Gasteiger partial charge in [0.05, 0.1) is 17.8 Å². The number of carbonyl (C=O) groups excluding carboxylic acids is 3. The molecule has 0 amide bonds. The van der Waals surface area contributed by atoms with E-state index in [1.54, 1.807) is 0 Å². The van der Waals surface area contributed by atoms with E-state index >= 15 is 0 Å². The van der Waals surface area contributed by atoms with E-state index in [4.69, 9.17) is 9.47 Å². The fourth-order valence-electron chi connectivity index (χ4n) is 3.56. The highest BCUT2D eigenvalue weighted by atomic mass is 16.7. The molecule has 3 rings (SSSR count). The van der Waals surface area contributed by atoms with Gasteiger partial charge in [-0.25, -0.2) is 0 Å². The summed E-state index contributed by atoms with van der Waals surface area (Å²) in [6.07, 6.45) is 0.0277. The van der Waals surface area contributed by atoms with Gasteiger partial charge >= 0.3 is 11.9 Å². The zero-order valence-corrected chi connectivity index (χ0v) is 11.5. The van der Waals surface area contributed by atoms with Crippen molar-refractivity contribution >= 4 is 18.2 Å². The van der Waals surface area contributed by atoms with Gasteiger partial charge in [-0.05, 0) is 10.8 Å². The molecule has 5 heteroatoms. The summed E-state index contributed by atoms with van der Waals surface area (Å²) in [5.74, 6) is -1.61. The Bertz CT molecular complexity index is 478. The zero-order valence-electron chi connectivity index (χ0n) is 11.5. The largest absolute Gasteiger partial charge is 0.425 e. The Morgan fingerprint density at radius 1 is 1.26 bits per heavy atom. The molecule has 3 fully saturated rings. The number of hydrogen-bond acceptors (Lipinski definition) is 5. The lowest BCUT2D eigenvalue weighted by molar-refractivity contribution is -0.187. The van der Waals surface area contributed by atoms with E-state index in [1.807, 2.05) is 27.7 Å². The fourth-order valence-corrected chi connectivity index (χ4v) is 3.56. The SMILES string of the molecule is CC1(C)[C@H](C(=O)OC2OC(=O)[C@@H]3[C@H]2C3(C)C)[C@@H]1C=O. The standard InChI is InChI=1S/C14H18O5/c1-13(2)6(5-15)7(13)10(16)18-12-9-8(11(17)19-12)14(9,3)4/h5-9,12H,1-4H3/t6-,7-,8-,9+,12?/m0/s1. The number of ether oxygens (including phenoxy) is 2. The number of rotatable bonds is 3. The average Bonchev–Trinajstić information content (AvgIpc) is 2.97. The molecule has 19 heavy (non-hydrogen) atoms. The van der Waals surface area contributed by atoms with Crippen molar-refractivity contribution in [3.63, 3.8) is 0 Å². The summed E-state index contributed by atoms with van der Waals surface area (Å²) < 4.78 is 10.4. The molecular weight excluding hydrogens is 248 g/mol. The Hall–Kier alpha value is -1.39. The molecule has 2 aliphatic carbocycles. The second kappa shape index (κ2) is 3.38. The van der Waals surface area contributed by atoms with Crippen LogP contribution in [0.15, 0.2) is 0 Å². The van der Waals surface area contributed by atoms with Gasteiger partial charge in [0.25, 0.3) is 6.29 Å². The summed E-state index contributed by atoms with van der Waals surface area (Å²) in [6.45, 7) is 7.67. The van der Waals surface area contributed by atoms with Gasteiger partial charge in [-0.15, -0.1) is 0 Å². The third-order valence-corrected chi connectivity index (χ3v) is 5.23. The summed E-state index contributed by atoms with van der Waals surface area (Å²) in [7, 11) is 0. The molecule has 0 spiro atoms. The first-order chi connectivity index (χ1) is 8.72. The summed E-state index contributed by atoms with van der Waals surface area (Å²) >= 11 is 0. The van der Waals surface area contributed by atoms with Crippen LogP contribution in [0.3, 0.4) is 0 Å². The van der Waals surface area contributed by atoms with Gasteiger partial charge in [0.1, 0.15) is 6.29 Å². The number of fused-ring (bicyclic) bond motifs is 1. The Morgan fingerprint density at radius 2 is 1.89 bits per heavy atom. The Kier molecular flexibility index (Phi) is 2.25. The molecule has 3 aliphatic rings. The van der Waals surface area contributed by atoms with E-state index in [0.717, 1.165) is 6.29 Å². The molecule has 1 unspecified atom stereocenters. The first-order valence-electron chi connectivity index (χ1n) is 6.59. The van der Waals surface area contributed by atoms with Gasteiger partial charge in [-0.2, -0.15) is 0 Å². The van der Waals surface area contributed by atoms with Crippen LogP contribution in [0.4, 0.5) is 0 Å². The molecule has 0 N–H and O–H groups in total. The number of cyclic esters (lactones) is 1. The Balaban J connectivity index is 1.66. The number of carbonyl (C=O) groups is 3. The lowest BCUT2D eigenvalue weighted by Crippen LogP contribution is -2.27. The lowest BCUT2D eigenvalue weighted by Gasteiger charge is -2.18. The minimum atomic E-state index is -0.774. The van der Waals surface area contributed by atoms with Crippen LogP contribution in [0.2, 0.25) is 0 Å². The van der Waals surface area contributed by atoms with Crippen LogP contribution in [0, 0.1) is 34.5 Å². The van der Waals surface area contributed by atoms with Crippen molar-refractivity contribution in [3.8, 4) is 0 Å². The summed E-state index contributed by atoms with van der Waals surface area (Å²) in [4.78, 5) is 34.5. The van der Waals surface area contributed by atoms with Gasteiger partial charge in [-0.1, -0.05) is 27.7 Å². The minimum Gasteiger partial charge on any atom is -0.425 e. The smallest absolute Gasteiger partial charge is 0.313 e. The molecule has 5 nitrogen and oxygen atoms in total. The van der Waals surface area contributed by atoms with Gasteiger partial charge in [0, 0.05) is 5.92 Å². The molecule has 0 aromatic heterocycles. The van der Waals surface area contributed by atoms with Crippen molar-refractivity contribution < 1.29 is 23.9 Å². The molecule has 1 heterocycles. The van der Waals surface area contributed by atoms with Crippen LogP contribution in [0.25, 0.3) is 0 Å². The second-order valence-electron chi connectivity index (χ2n) is 7.03. The van der Waals surface area contributed by atoms with Crippen molar-refractivity contribution in [1.29, 1.82) is 0 Å². The van der Waals surface area contributed by atoms with E-state index in [1.165, 1.54) is 0 Å². The summed E-state index contributed by atoms with van der Waals surface area (Å²) in [5.41, 5.74) is -0.497. The molecule has 1 aliphatic heterocycles. The average molecular weight is 266 g/mol.